The van der Waals surface area contributed by atoms with Crippen LogP contribution in [-0.2, 0) is 4.79 Å². The van der Waals surface area contributed by atoms with E-state index in [-0.39, 0.29) is 17.6 Å². The van der Waals surface area contributed by atoms with Gasteiger partial charge in [-0.15, -0.1) is 0 Å². The molecule has 2 aromatic rings. The van der Waals surface area contributed by atoms with Crippen LogP contribution in [0.25, 0.3) is 0 Å². The highest BCUT2D eigenvalue weighted by atomic mass is 16.3. The molecule has 2 heterocycles. The first-order valence-corrected chi connectivity index (χ1v) is 12.7. The number of hydrogen-bond donors (Lipinski definition) is 1. The number of benzene rings is 1. The summed E-state index contributed by atoms with van der Waals surface area (Å²) >= 11 is 0. The lowest BCUT2D eigenvalue weighted by Gasteiger charge is -2.25. The summed E-state index contributed by atoms with van der Waals surface area (Å²) in [6, 6.07) is 15.1. The molecule has 7 heteroatoms. The van der Waals surface area contributed by atoms with E-state index < -0.39 is 17.4 Å². The van der Waals surface area contributed by atoms with E-state index >= 15 is 0 Å². The van der Waals surface area contributed by atoms with Crippen molar-refractivity contribution < 1.29 is 14.0 Å². The van der Waals surface area contributed by atoms with Gasteiger partial charge in [0.15, 0.2) is 11.2 Å². The van der Waals surface area contributed by atoms with Crippen molar-refractivity contribution in [2.75, 3.05) is 32.7 Å². The first-order valence-electron chi connectivity index (χ1n) is 12.7. The van der Waals surface area contributed by atoms with Crippen molar-refractivity contribution in [3.8, 4) is 17.9 Å². The average molecular weight is 497 g/mol. The fourth-order valence-corrected chi connectivity index (χ4v) is 4.56. The minimum atomic E-state index is -0.885. The number of nitrogens with zero attached hydrogens (tertiary/aromatic N) is 3. The summed E-state index contributed by atoms with van der Waals surface area (Å²) in [6.07, 6.45) is 10.8. The zero-order valence-corrected chi connectivity index (χ0v) is 21.1. The second kappa shape index (κ2) is 12.3. The molecule has 0 radical (unpaired) electrons. The van der Waals surface area contributed by atoms with Gasteiger partial charge in [-0.3, -0.25) is 9.59 Å². The fourth-order valence-electron chi connectivity index (χ4n) is 4.56. The molecule has 0 spiro atoms. The van der Waals surface area contributed by atoms with E-state index in [1.165, 1.54) is 11.8 Å². The molecule has 1 N–H and O–H groups in total. The van der Waals surface area contributed by atoms with Gasteiger partial charge in [0.25, 0.3) is 5.91 Å². The molecule has 1 saturated heterocycles. The summed E-state index contributed by atoms with van der Waals surface area (Å²) in [4.78, 5) is 29.2. The Kier molecular flexibility index (Phi) is 8.61. The van der Waals surface area contributed by atoms with Crippen molar-refractivity contribution in [2.45, 2.75) is 31.7 Å². The third-order valence-corrected chi connectivity index (χ3v) is 6.71. The van der Waals surface area contributed by atoms with E-state index in [0.29, 0.717) is 19.5 Å². The monoisotopic (exact) mass is 496 g/mol. The van der Waals surface area contributed by atoms with Crippen LogP contribution >= 0.6 is 0 Å². The van der Waals surface area contributed by atoms with Crippen LogP contribution < -0.4 is 5.32 Å². The van der Waals surface area contributed by atoms with Gasteiger partial charge in [-0.05, 0) is 37.6 Å². The van der Waals surface area contributed by atoms with Crippen LogP contribution in [0.4, 0.5) is 0 Å². The molecule has 1 aromatic carbocycles. The summed E-state index contributed by atoms with van der Waals surface area (Å²) < 4.78 is 5.10. The van der Waals surface area contributed by atoms with E-state index in [1.807, 2.05) is 47.4 Å². The largest absolute Gasteiger partial charge is 0.459 e. The van der Waals surface area contributed by atoms with Crippen molar-refractivity contribution in [1.29, 1.82) is 5.26 Å². The van der Waals surface area contributed by atoms with Crippen molar-refractivity contribution in [2.24, 2.45) is 5.41 Å². The lowest BCUT2D eigenvalue weighted by molar-refractivity contribution is -0.132. The number of hydrogen-bond acceptors (Lipinski definition) is 5. The van der Waals surface area contributed by atoms with Crippen molar-refractivity contribution in [3.63, 3.8) is 0 Å². The molecule has 1 aliphatic heterocycles. The summed E-state index contributed by atoms with van der Waals surface area (Å²) in [6.45, 7) is 5.35. The third-order valence-electron chi connectivity index (χ3n) is 6.71. The van der Waals surface area contributed by atoms with Crippen molar-refractivity contribution in [3.05, 3.63) is 84.4 Å². The molecule has 0 unspecified atom stereocenters. The van der Waals surface area contributed by atoms with Crippen LogP contribution in [0.5, 0.6) is 0 Å². The standard InChI is InChI=1S/C30H32N4O3/c1-24(32-28(35)27-11-7-22-37-27)29(36)34-19-8-18-33(20-21-34)17-6-5-14-30(23-31)15-12-26(13-16-30)25-9-3-2-4-10-25/h2-4,7,9-13,15-16,22,24,26H,6,8,17-21H2,1H3,(H,32,35)/t24-,26?,30?/m1/s1. The molecular weight excluding hydrogens is 464 g/mol. The van der Waals surface area contributed by atoms with Gasteiger partial charge in [-0.2, -0.15) is 5.26 Å². The Morgan fingerprint density at radius 2 is 1.89 bits per heavy atom. The quantitative estimate of drug-likeness (QED) is 0.486. The molecular formula is C30H32N4O3. The molecule has 1 atom stereocenters. The maximum atomic E-state index is 12.9. The molecule has 190 valence electrons. The van der Waals surface area contributed by atoms with Gasteiger partial charge >= 0.3 is 0 Å². The molecule has 4 rings (SSSR count). The van der Waals surface area contributed by atoms with Gasteiger partial charge in [-0.1, -0.05) is 66.5 Å². The Hall–Kier alpha value is -4.07. The second-order valence-corrected chi connectivity index (χ2v) is 9.38. The van der Waals surface area contributed by atoms with Gasteiger partial charge < -0.3 is 19.5 Å². The Bertz CT molecular complexity index is 1220. The van der Waals surface area contributed by atoms with E-state index in [1.54, 1.807) is 19.1 Å². The minimum absolute atomic E-state index is 0.0952. The maximum Gasteiger partial charge on any atom is 0.287 e. The molecule has 37 heavy (non-hydrogen) atoms. The SMILES string of the molecule is C[C@@H](NC(=O)c1ccco1)C(=O)N1CCCN(CCC#CC2(C#N)C=CC(c3ccccc3)C=C2)CC1. The van der Waals surface area contributed by atoms with Crippen molar-refractivity contribution in [1.82, 2.24) is 15.1 Å². The van der Waals surface area contributed by atoms with Gasteiger partial charge in [0.2, 0.25) is 5.91 Å². The number of nitrogens with one attached hydrogen (secondary N) is 1. The van der Waals surface area contributed by atoms with Crippen LogP contribution in [-0.4, -0.2) is 60.4 Å². The number of rotatable bonds is 6. The Morgan fingerprint density at radius 3 is 2.59 bits per heavy atom. The fraction of sp³-hybridized carbons (Fsp3) is 0.367. The van der Waals surface area contributed by atoms with Gasteiger partial charge in [0, 0.05) is 38.5 Å². The molecule has 2 amide bonds. The lowest BCUT2D eigenvalue weighted by Crippen LogP contribution is -2.48. The first kappa shape index (κ1) is 26.0. The molecule has 1 aliphatic carbocycles. The van der Waals surface area contributed by atoms with Crippen LogP contribution in [0.2, 0.25) is 0 Å². The maximum absolute atomic E-state index is 12.9. The number of allylic oxidation sites excluding steroid dienone is 4. The second-order valence-electron chi connectivity index (χ2n) is 9.38. The number of furan rings is 1. The zero-order valence-electron chi connectivity index (χ0n) is 21.1. The Labute approximate surface area is 218 Å². The number of amides is 2. The summed E-state index contributed by atoms with van der Waals surface area (Å²) in [5.74, 6) is 6.22. The van der Waals surface area contributed by atoms with Crippen LogP contribution in [0.3, 0.4) is 0 Å². The minimum Gasteiger partial charge on any atom is -0.459 e. The Balaban J connectivity index is 1.24. The normalized spacial score (nSPS) is 22.3. The molecule has 7 nitrogen and oxygen atoms in total. The topological polar surface area (TPSA) is 89.6 Å². The van der Waals surface area contributed by atoms with E-state index in [2.05, 4.69) is 40.3 Å². The van der Waals surface area contributed by atoms with E-state index in [0.717, 1.165) is 26.1 Å². The predicted molar refractivity (Wildman–Crippen MR) is 141 cm³/mol. The summed E-state index contributed by atoms with van der Waals surface area (Å²) in [7, 11) is 0. The first-order chi connectivity index (χ1) is 18.0. The molecule has 1 fully saturated rings. The van der Waals surface area contributed by atoms with Crippen LogP contribution in [0.15, 0.2) is 77.4 Å². The Morgan fingerprint density at radius 1 is 1.11 bits per heavy atom. The summed E-state index contributed by atoms with van der Waals surface area (Å²) in [5.41, 5.74) is 0.307. The van der Waals surface area contributed by atoms with E-state index in [9.17, 15) is 14.9 Å². The zero-order chi connectivity index (χ0) is 26.1. The lowest BCUT2D eigenvalue weighted by atomic mass is 9.81. The predicted octanol–water partition coefficient (Wildman–Crippen LogP) is 3.75. The molecule has 1 aromatic heterocycles. The smallest absolute Gasteiger partial charge is 0.287 e. The molecule has 2 aliphatic rings. The number of carbonyl (C=O) groups excluding carboxylic acids is 2. The third kappa shape index (κ3) is 6.78. The van der Waals surface area contributed by atoms with Gasteiger partial charge in [-0.25, -0.2) is 0 Å². The molecule has 0 bridgehead atoms. The number of nitriles is 1. The summed E-state index contributed by atoms with van der Waals surface area (Å²) in [5, 5.41) is 12.5. The van der Waals surface area contributed by atoms with Crippen LogP contribution in [0.1, 0.15) is 41.8 Å². The highest BCUT2D eigenvalue weighted by Crippen LogP contribution is 2.31. The van der Waals surface area contributed by atoms with E-state index in [4.69, 9.17) is 4.42 Å². The highest BCUT2D eigenvalue weighted by Gasteiger charge is 2.26. The average Bonchev–Trinajstić information content (AvgIpc) is 3.38. The highest BCUT2D eigenvalue weighted by molar-refractivity contribution is 5.95. The van der Waals surface area contributed by atoms with Crippen LogP contribution in [0, 0.1) is 28.6 Å². The van der Waals surface area contributed by atoms with Crippen molar-refractivity contribution >= 4 is 11.8 Å². The number of carbonyl (C=O) groups is 2. The van der Waals surface area contributed by atoms with Gasteiger partial charge in [0.05, 0.1) is 12.3 Å². The van der Waals surface area contributed by atoms with Gasteiger partial charge in [0.1, 0.15) is 6.04 Å². The molecule has 0 saturated carbocycles.